The average Bonchev–Trinajstić information content (AvgIpc) is 2.99. The van der Waals surface area contributed by atoms with Crippen molar-refractivity contribution >= 4 is 0 Å². The summed E-state index contributed by atoms with van der Waals surface area (Å²) in [6, 6.07) is 2.31. The van der Waals surface area contributed by atoms with Crippen molar-refractivity contribution in [1.82, 2.24) is 5.32 Å². The Morgan fingerprint density at radius 3 is 2.44 bits per heavy atom. The quantitative estimate of drug-likeness (QED) is 0.774. The molecule has 0 unspecified atom stereocenters. The maximum absolute atomic E-state index is 8.75. The maximum Gasteiger partial charge on any atom is 0.0628 e. The van der Waals surface area contributed by atoms with Crippen LogP contribution in [-0.4, -0.2) is 26.3 Å². The van der Waals surface area contributed by atoms with E-state index in [-0.39, 0.29) is 0 Å². The van der Waals surface area contributed by atoms with Gasteiger partial charge in [0.1, 0.15) is 0 Å². The molecule has 1 aliphatic carbocycles. The van der Waals surface area contributed by atoms with Crippen LogP contribution in [0.15, 0.2) is 0 Å². The number of nitrogens with one attached hydrogen (secondary N) is 1. The summed E-state index contributed by atoms with van der Waals surface area (Å²) in [6.45, 7) is 6.25. The fraction of sp³-hybridized carbons (Fsp3) is 0.923. The lowest BCUT2D eigenvalue weighted by Gasteiger charge is -2.34. The molecule has 1 saturated heterocycles. The summed E-state index contributed by atoms with van der Waals surface area (Å²) in [6.07, 6.45) is 5.50. The molecule has 2 rings (SSSR count). The SMILES string of the molecule is CC1(CNCC2(CC#N)CC2)CCOCC1. The Morgan fingerprint density at radius 2 is 1.88 bits per heavy atom. The largest absolute Gasteiger partial charge is 0.381 e. The Morgan fingerprint density at radius 1 is 1.19 bits per heavy atom. The minimum absolute atomic E-state index is 0.330. The van der Waals surface area contributed by atoms with Gasteiger partial charge in [-0.15, -0.1) is 0 Å². The number of ether oxygens (including phenoxy) is 1. The van der Waals surface area contributed by atoms with Gasteiger partial charge in [0.05, 0.1) is 6.07 Å². The first-order valence-corrected chi connectivity index (χ1v) is 6.34. The molecular formula is C13H22N2O. The molecule has 3 nitrogen and oxygen atoms in total. The molecule has 1 heterocycles. The molecule has 90 valence electrons. The zero-order chi connectivity index (χ0) is 11.5. The van der Waals surface area contributed by atoms with Crippen molar-refractivity contribution in [1.29, 1.82) is 5.26 Å². The number of rotatable bonds is 5. The fourth-order valence-electron chi connectivity index (χ4n) is 2.43. The van der Waals surface area contributed by atoms with Crippen LogP contribution in [-0.2, 0) is 4.74 Å². The minimum Gasteiger partial charge on any atom is -0.381 e. The van der Waals surface area contributed by atoms with Gasteiger partial charge in [-0.3, -0.25) is 0 Å². The second-order valence-electron chi connectivity index (χ2n) is 5.86. The molecule has 0 atom stereocenters. The van der Waals surface area contributed by atoms with Crippen LogP contribution >= 0.6 is 0 Å². The highest BCUT2D eigenvalue weighted by atomic mass is 16.5. The zero-order valence-electron chi connectivity index (χ0n) is 10.2. The van der Waals surface area contributed by atoms with Crippen molar-refractivity contribution in [3.63, 3.8) is 0 Å². The van der Waals surface area contributed by atoms with Gasteiger partial charge in [-0.25, -0.2) is 0 Å². The molecule has 3 heteroatoms. The van der Waals surface area contributed by atoms with Crippen molar-refractivity contribution < 1.29 is 4.74 Å². The molecule has 1 saturated carbocycles. The van der Waals surface area contributed by atoms with Crippen molar-refractivity contribution in [3.05, 3.63) is 0 Å². The highest BCUT2D eigenvalue weighted by Gasteiger charge is 2.42. The lowest BCUT2D eigenvalue weighted by Crippen LogP contribution is -2.38. The van der Waals surface area contributed by atoms with Crippen LogP contribution < -0.4 is 5.32 Å². The first-order chi connectivity index (χ1) is 7.68. The van der Waals surface area contributed by atoms with E-state index < -0.39 is 0 Å². The standard InChI is InChI=1S/C13H22N2O/c1-12(5-8-16-9-6-12)10-15-11-13(2-3-13)4-7-14/h15H,2-6,8-11H2,1H3. The van der Waals surface area contributed by atoms with Gasteiger partial charge in [0.2, 0.25) is 0 Å². The maximum atomic E-state index is 8.75. The summed E-state index contributed by atoms with van der Waals surface area (Å²) in [5.74, 6) is 0. The third-order valence-corrected chi connectivity index (χ3v) is 4.16. The molecule has 0 bridgehead atoms. The molecule has 0 spiro atoms. The van der Waals surface area contributed by atoms with Gasteiger partial charge in [-0.05, 0) is 36.5 Å². The molecule has 0 radical (unpaired) electrons. The Balaban J connectivity index is 1.69. The Hall–Kier alpha value is -0.590. The predicted molar refractivity (Wildman–Crippen MR) is 62.9 cm³/mol. The highest BCUT2D eigenvalue weighted by Crippen LogP contribution is 2.48. The van der Waals surface area contributed by atoms with Crippen molar-refractivity contribution in [3.8, 4) is 6.07 Å². The van der Waals surface area contributed by atoms with Gasteiger partial charge in [0.25, 0.3) is 0 Å². The van der Waals surface area contributed by atoms with E-state index in [9.17, 15) is 0 Å². The van der Waals surface area contributed by atoms with E-state index in [2.05, 4.69) is 18.3 Å². The smallest absolute Gasteiger partial charge is 0.0628 e. The molecule has 1 aliphatic heterocycles. The topological polar surface area (TPSA) is 45.0 Å². The average molecular weight is 222 g/mol. The van der Waals surface area contributed by atoms with E-state index >= 15 is 0 Å². The second kappa shape index (κ2) is 4.73. The van der Waals surface area contributed by atoms with Crippen molar-refractivity contribution in [2.45, 2.75) is 39.0 Å². The van der Waals surface area contributed by atoms with E-state index in [1.807, 2.05) is 0 Å². The second-order valence-corrected chi connectivity index (χ2v) is 5.86. The Labute approximate surface area is 98.2 Å². The van der Waals surface area contributed by atoms with E-state index in [1.165, 1.54) is 12.8 Å². The predicted octanol–water partition coefficient (Wildman–Crippen LogP) is 2.09. The number of nitrogens with zero attached hydrogens (tertiary/aromatic N) is 1. The number of hydrogen-bond donors (Lipinski definition) is 1. The zero-order valence-corrected chi connectivity index (χ0v) is 10.2. The first-order valence-electron chi connectivity index (χ1n) is 6.34. The van der Waals surface area contributed by atoms with Crippen molar-refractivity contribution in [2.75, 3.05) is 26.3 Å². The lowest BCUT2D eigenvalue weighted by molar-refractivity contribution is 0.0237. The molecule has 0 amide bonds. The third kappa shape index (κ3) is 2.96. The molecule has 0 aromatic carbocycles. The number of nitriles is 1. The van der Waals surface area contributed by atoms with Crippen LogP contribution in [0.4, 0.5) is 0 Å². The van der Waals surface area contributed by atoms with Gasteiger partial charge in [0, 0.05) is 32.7 Å². The highest BCUT2D eigenvalue weighted by molar-refractivity contribution is 5.01. The monoisotopic (exact) mass is 222 g/mol. The van der Waals surface area contributed by atoms with Crippen LogP contribution in [0.25, 0.3) is 0 Å². The molecule has 2 aliphatic rings. The summed E-state index contributed by atoms with van der Waals surface area (Å²) >= 11 is 0. The van der Waals surface area contributed by atoms with Crippen LogP contribution in [0, 0.1) is 22.2 Å². The molecule has 1 N–H and O–H groups in total. The van der Waals surface area contributed by atoms with Gasteiger partial charge in [-0.2, -0.15) is 5.26 Å². The molecule has 16 heavy (non-hydrogen) atoms. The minimum atomic E-state index is 0.330. The van der Waals surface area contributed by atoms with Gasteiger partial charge >= 0.3 is 0 Å². The van der Waals surface area contributed by atoms with Crippen LogP contribution in [0.5, 0.6) is 0 Å². The third-order valence-electron chi connectivity index (χ3n) is 4.16. The van der Waals surface area contributed by atoms with E-state index in [0.29, 0.717) is 10.8 Å². The number of hydrogen-bond acceptors (Lipinski definition) is 3. The molecule has 0 aromatic heterocycles. The normalized spacial score (nSPS) is 26.0. The molecular weight excluding hydrogens is 200 g/mol. The van der Waals surface area contributed by atoms with Gasteiger partial charge in [0.15, 0.2) is 0 Å². The van der Waals surface area contributed by atoms with Crippen LogP contribution in [0.2, 0.25) is 0 Å². The Kier molecular flexibility index (Phi) is 3.51. The molecule has 0 aromatic rings. The fourth-order valence-corrected chi connectivity index (χ4v) is 2.43. The summed E-state index contributed by atoms with van der Waals surface area (Å²) in [5.41, 5.74) is 0.733. The van der Waals surface area contributed by atoms with Gasteiger partial charge < -0.3 is 10.1 Å². The summed E-state index contributed by atoms with van der Waals surface area (Å²) < 4.78 is 5.39. The van der Waals surface area contributed by atoms with E-state index in [1.54, 1.807) is 0 Å². The van der Waals surface area contributed by atoms with E-state index in [0.717, 1.165) is 45.6 Å². The first kappa shape index (κ1) is 11.9. The van der Waals surface area contributed by atoms with Gasteiger partial charge in [-0.1, -0.05) is 6.92 Å². The van der Waals surface area contributed by atoms with Crippen LogP contribution in [0.3, 0.4) is 0 Å². The lowest BCUT2D eigenvalue weighted by atomic mass is 9.82. The molecule has 2 fully saturated rings. The van der Waals surface area contributed by atoms with E-state index in [4.69, 9.17) is 10.00 Å². The summed E-state index contributed by atoms with van der Waals surface area (Å²) in [5, 5.41) is 12.3. The van der Waals surface area contributed by atoms with Crippen molar-refractivity contribution in [2.24, 2.45) is 10.8 Å². The summed E-state index contributed by atoms with van der Waals surface area (Å²) in [7, 11) is 0. The van der Waals surface area contributed by atoms with Crippen LogP contribution in [0.1, 0.15) is 39.0 Å². The summed E-state index contributed by atoms with van der Waals surface area (Å²) in [4.78, 5) is 0. The Bertz CT molecular complexity index is 272.